The van der Waals surface area contributed by atoms with Crippen LogP contribution in [-0.2, 0) is 19.1 Å². The highest BCUT2D eigenvalue weighted by Gasteiger charge is 2.13. The summed E-state index contributed by atoms with van der Waals surface area (Å²) in [4.78, 5) is 21.8. The number of rotatable bonds is 4. The highest BCUT2D eigenvalue weighted by atomic mass is 16.5. The van der Waals surface area contributed by atoms with Gasteiger partial charge in [-0.3, -0.25) is 9.59 Å². The minimum absolute atomic E-state index is 0.313. The quantitative estimate of drug-likeness (QED) is 0.771. The first-order chi connectivity index (χ1) is 8.40. The molecule has 0 fully saturated rings. The van der Waals surface area contributed by atoms with Crippen molar-refractivity contribution in [3.8, 4) is 0 Å². The van der Waals surface area contributed by atoms with Gasteiger partial charge in [-0.2, -0.15) is 0 Å². The van der Waals surface area contributed by atoms with Gasteiger partial charge in [0.1, 0.15) is 12.2 Å². The van der Waals surface area contributed by atoms with Crippen LogP contribution >= 0.6 is 0 Å². The van der Waals surface area contributed by atoms with E-state index in [1.165, 1.54) is 13.8 Å². The smallest absolute Gasteiger partial charge is 0.303 e. The van der Waals surface area contributed by atoms with Crippen molar-refractivity contribution in [1.29, 1.82) is 0 Å². The molecule has 18 heavy (non-hydrogen) atoms. The molecule has 98 valence electrons. The number of carbonyl (C=O) groups excluding carboxylic acids is 2. The van der Waals surface area contributed by atoms with E-state index in [-0.39, 0.29) is 24.1 Å². The zero-order chi connectivity index (χ0) is 13.7. The molecule has 0 aliphatic carbocycles. The summed E-state index contributed by atoms with van der Waals surface area (Å²) in [5, 5.41) is 0. The molecular formula is C14H18O4. The second-order valence-electron chi connectivity index (χ2n) is 4.17. The monoisotopic (exact) mass is 250 g/mol. The SMILES string of the molecule is CC(=O)O[C@H](C)c1cccc([C@@H](C)OC(C)=O)c1. The lowest BCUT2D eigenvalue weighted by Crippen LogP contribution is -2.08. The Morgan fingerprint density at radius 2 is 1.33 bits per heavy atom. The third-order valence-electron chi connectivity index (χ3n) is 2.53. The molecule has 0 saturated heterocycles. The zero-order valence-electron chi connectivity index (χ0n) is 11.1. The molecule has 1 aromatic carbocycles. The van der Waals surface area contributed by atoms with Gasteiger partial charge in [0.15, 0.2) is 0 Å². The molecule has 2 atom stereocenters. The van der Waals surface area contributed by atoms with Crippen LogP contribution in [0.1, 0.15) is 51.0 Å². The maximum Gasteiger partial charge on any atom is 0.303 e. The summed E-state index contributed by atoms with van der Waals surface area (Å²) in [6.45, 7) is 6.36. The first-order valence-electron chi connectivity index (χ1n) is 5.84. The Kier molecular flexibility index (Phi) is 4.89. The fourth-order valence-corrected chi connectivity index (χ4v) is 1.70. The van der Waals surface area contributed by atoms with Crippen LogP contribution in [0, 0.1) is 0 Å². The van der Waals surface area contributed by atoms with Crippen LogP contribution in [0.5, 0.6) is 0 Å². The summed E-state index contributed by atoms with van der Waals surface area (Å²) in [6, 6.07) is 7.47. The topological polar surface area (TPSA) is 52.6 Å². The highest BCUT2D eigenvalue weighted by molar-refractivity contribution is 5.66. The van der Waals surface area contributed by atoms with Crippen molar-refractivity contribution in [1.82, 2.24) is 0 Å². The maximum absolute atomic E-state index is 10.9. The number of hydrogen-bond donors (Lipinski definition) is 0. The standard InChI is InChI=1S/C14H18O4/c1-9(17-11(3)15)13-6-5-7-14(8-13)10(2)18-12(4)16/h5-10H,1-4H3/t9-,10-/m1/s1. The lowest BCUT2D eigenvalue weighted by atomic mass is 10.0. The molecule has 0 bridgehead atoms. The zero-order valence-corrected chi connectivity index (χ0v) is 11.1. The van der Waals surface area contributed by atoms with Crippen molar-refractivity contribution in [2.45, 2.75) is 39.9 Å². The van der Waals surface area contributed by atoms with Gasteiger partial charge in [-0.25, -0.2) is 0 Å². The Labute approximate surface area is 107 Å². The fraction of sp³-hybridized carbons (Fsp3) is 0.429. The molecular weight excluding hydrogens is 232 g/mol. The molecule has 0 aromatic heterocycles. The van der Waals surface area contributed by atoms with E-state index < -0.39 is 0 Å². The van der Waals surface area contributed by atoms with Gasteiger partial charge in [0.25, 0.3) is 0 Å². The first-order valence-corrected chi connectivity index (χ1v) is 5.84. The fourth-order valence-electron chi connectivity index (χ4n) is 1.70. The van der Waals surface area contributed by atoms with Crippen LogP contribution in [-0.4, -0.2) is 11.9 Å². The Bertz CT molecular complexity index is 402. The van der Waals surface area contributed by atoms with Gasteiger partial charge in [0, 0.05) is 13.8 Å². The molecule has 4 heteroatoms. The predicted octanol–water partition coefficient (Wildman–Crippen LogP) is 2.93. The molecule has 0 spiro atoms. The van der Waals surface area contributed by atoms with Crippen molar-refractivity contribution in [2.75, 3.05) is 0 Å². The highest BCUT2D eigenvalue weighted by Crippen LogP contribution is 2.23. The van der Waals surface area contributed by atoms with Gasteiger partial charge >= 0.3 is 11.9 Å². The molecule has 0 unspecified atom stereocenters. The normalized spacial score (nSPS) is 13.6. The molecule has 0 aliphatic heterocycles. The number of benzene rings is 1. The minimum atomic E-state index is -0.319. The van der Waals surface area contributed by atoms with Crippen LogP contribution in [0.4, 0.5) is 0 Å². The van der Waals surface area contributed by atoms with Crippen LogP contribution < -0.4 is 0 Å². The third-order valence-corrected chi connectivity index (χ3v) is 2.53. The average molecular weight is 250 g/mol. The van der Waals surface area contributed by atoms with E-state index in [0.29, 0.717) is 0 Å². The average Bonchev–Trinajstić information content (AvgIpc) is 2.27. The number of carbonyl (C=O) groups is 2. The van der Waals surface area contributed by atoms with E-state index in [1.807, 2.05) is 24.3 Å². The molecule has 1 rings (SSSR count). The van der Waals surface area contributed by atoms with Crippen LogP contribution in [0.2, 0.25) is 0 Å². The molecule has 0 aliphatic rings. The van der Waals surface area contributed by atoms with Crippen LogP contribution in [0.3, 0.4) is 0 Å². The molecule has 1 aromatic rings. The van der Waals surface area contributed by atoms with E-state index in [0.717, 1.165) is 11.1 Å². The van der Waals surface area contributed by atoms with E-state index in [1.54, 1.807) is 13.8 Å². The Hall–Kier alpha value is -1.84. The van der Waals surface area contributed by atoms with Crippen molar-refractivity contribution >= 4 is 11.9 Å². The van der Waals surface area contributed by atoms with Crippen molar-refractivity contribution in [2.24, 2.45) is 0 Å². The molecule has 0 saturated carbocycles. The molecule has 0 N–H and O–H groups in total. The van der Waals surface area contributed by atoms with Crippen molar-refractivity contribution < 1.29 is 19.1 Å². The summed E-state index contributed by atoms with van der Waals surface area (Å²) in [5.41, 5.74) is 1.75. The van der Waals surface area contributed by atoms with Crippen molar-refractivity contribution in [3.63, 3.8) is 0 Å². The van der Waals surface area contributed by atoms with Gasteiger partial charge in [0.05, 0.1) is 0 Å². The minimum Gasteiger partial charge on any atom is -0.458 e. The summed E-state index contributed by atoms with van der Waals surface area (Å²) in [6.07, 6.45) is -0.626. The lowest BCUT2D eigenvalue weighted by molar-refractivity contribution is -0.146. The van der Waals surface area contributed by atoms with Gasteiger partial charge < -0.3 is 9.47 Å². The van der Waals surface area contributed by atoms with Crippen LogP contribution in [0.15, 0.2) is 24.3 Å². The second-order valence-corrected chi connectivity index (χ2v) is 4.17. The maximum atomic E-state index is 10.9. The van der Waals surface area contributed by atoms with Crippen molar-refractivity contribution in [3.05, 3.63) is 35.4 Å². The second kappa shape index (κ2) is 6.19. The van der Waals surface area contributed by atoms with Gasteiger partial charge in [-0.1, -0.05) is 18.2 Å². The number of ether oxygens (including phenoxy) is 2. The largest absolute Gasteiger partial charge is 0.458 e. The Balaban J connectivity index is 2.84. The molecule has 0 amide bonds. The summed E-state index contributed by atoms with van der Waals surface area (Å²) in [7, 11) is 0. The predicted molar refractivity (Wildman–Crippen MR) is 66.8 cm³/mol. The number of hydrogen-bond acceptors (Lipinski definition) is 4. The first kappa shape index (κ1) is 14.2. The van der Waals surface area contributed by atoms with Gasteiger partial charge in [0.2, 0.25) is 0 Å². The third kappa shape index (κ3) is 4.20. The van der Waals surface area contributed by atoms with E-state index in [4.69, 9.17) is 9.47 Å². The summed E-state index contributed by atoms with van der Waals surface area (Å²) < 4.78 is 10.2. The summed E-state index contributed by atoms with van der Waals surface area (Å²) in [5.74, 6) is -0.637. The molecule has 0 radical (unpaired) electrons. The Morgan fingerprint density at radius 1 is 0.944 bits per heavy atom. The van der Waals surface area contributed by atoms with E-state index in [2.05, 4.69) is 0 Å². The van der Waals surface area contributed by atoms with E-state index in [9.17, 15) is 9.59 Å². The van der Waals surface area contributed by atoms with Gasteiger partial charge in [-0.15, -0.1) is 0 Å². The molecule has 0 heterocycles. The summed E-state index contributed by atoms with van der Waals surface area (Å²) >= 11 is 0. The Morgan fingerprint density at radius 3 is 1.67 bits per heavy atom. The lowest BCUT2D eigenvalue weighted by Gasteiger charge is -2.16. The molecule has 4 nitrogen and oxygen atoms in total. The number of esters is 2. The van der Waals surface area contributed by atoms with Crippen LogP contribution in [0.25, 0.3) is 0 Å². The van der Waals surface area contributed by atoms with E-state index >= 15 is 0 Å². The van der Waals surface area contributed by atoms with Gasteiger partial charge in [-0.05, 0) is 31.0 Å².